The van der Waals surface area contributed by atoms with Crippen molar-refractivity contribution in [1.82, 2.24) is 25.0 Å². The van der Waals surface area contributed by atoms with Crippen LogP contribution in [0.15, 0.2) is 10.7 Å². The molecular weight excluding hydrogens is 346 g/mol. The molecule has 3 fully saturated rings. The normalized spacial score (nSPS) is 25.9. The van der Waals surface area contributed by atoms with Gasteiger partial charge in [-0.2, -0.15) is 0 Å². The number of carbonyl (C=O) groups excluding carboxylic acids is 1. The van der Waals surface area contributed by atoms with E-state index >= 15 is 0 Å². The number of aliphatic hydroxyl groups excluding tert-OH is 1. The molecule has 1 unspecified atom stereocenters. The summed E-state index contributed by atoms with van der Waals surface area (Å²) in [6.45, 7) is 11.6. The van der Waals surface area contributed by atoms with Crippen LogP contribution in [0.4, 0.5) is 4.79 Å². The SMILES string of the molecule is CC(C)(C)c1coc(CN2CCN(C(=O)N3CC4(CCC(O)N4)C3)CC2)n1. The maximum absolute atomic E-state index is 12.7. The lowest BCUT2D eigenvalue weighted by Crippen LogP contribution is -2.71. The average molecular weight is 377 g/mol. The van der Waals surface area contributed by atoms with Crippen LogP contribution in [0.3, 0.4) is 0 Å². The predicted molar refractivity (Wildman–Crippen MR) is 100 cm³/mol. The molecule has 0 saturated carbocycles. The zero-order chi connectivity index (χ0) is 19.2. The van der Waals surface area contributed by atoms with E-state index in [0.717, 1.165) is 50.6 Å². The molecule has 8 nitrogen and oxygen atoms in total. The molecule has 1 atom stereocenters. The lowest BCUT2D eigenvalue weighted by atomic mass is 9.88. The van der Waals surface area contributed by atoms with Crippen molar-refractivity contribution in [1.29, 1.82) is 0 Å². The molecule has 4 heterocycles. The number of rotatable bonds is 2. The molecule has 3 saturated heterocycles. The van der Waals surface area contributed by atoms with Gasteiger partial charge in [0.15, 0.2) is 0 Å². The quantitative estimate of drug-likeness (QED) is 0.799. The third-order valence-corrected chi connectivity index (χ3v) is 5.95. The Bertz CT molecular complexity index is 684. The topological polar surface area (TPSA) is 85.1 Å². The van der Waals surface area contributed by atoms with Crippen molar-refractivity contribution in [3.8, 4) is 0 Å². The summed E-state index contributed by atoms with van der Waals surface area (Å²) < 4.78 is 5.63. The fourth-order valence-electron chi connectivity index (χ4n) is 4.20. The van der Waals surface area contributed by atoms with Crippen LogP contribution in [0.1, 0.15) is 45.2 Å². The summed E-state index contributed by atoms with van der Waals surface area (Å²) in [7, 11) is 0. The van der Waals surface area contributed by atoms with Crippen molar-refractivity contribution in [2.45, 2.75) is 57.3 Å². The summed E-state index contributed by atoms with van der Waals surface area (Å²) in [6, 6.07) is 0.120. The second-order valence-electron chi connectivity index (χ2n) is 9.26. The standard InChI is InChI=1S/C19H31N5O3/c1-18(2,3)14-11-27-16(20-14)10-22-6-8-23(9-7-22)17(26)24-12-19(13-24)5-4-15(25)21-19/h11,15,21,25H,4-10,12-13H2,1-3H3. The minimum absolute atomic E-state index is 0.00827. The number of nitrogens with one attached hydrogen (secondary N) is 1. The maximum atomic E-state index is 12.7. The minimum Gasteiger partial charge on any atom is -0.447 e. The monoisotopic (exact) mass is 377 g/mol. The third kappa shape index (κ3) is 3.83. The van der Waals surface area contributed by atoms with E-state index in [0.29, 0.717) is 19.6 Å². The Labute approximate surface area is 160 Å². The van der Waals surface area contributed by atoms with Crippen LogP contribution in [0, 0.1) is 0 Å². The van der Waals surface area contributed by atoms with Gasteiger partial charge in [-0.3, -0.25) is 10.2 Å². The average Bonchev–Trinajstić information content (AvgIpc) is 3.20. The molecule has 0 bridgehead atoms. The molecule has 8 heteroatoms. The molecule has 1 aromatic rings. The second kappa shape index (κ2) is 6.76. The first kappa shape index (κ1) is 18.7. The summed E-state index contributed by atoms with van der Waals surface area (Å²) in [5.74, 6) is 0.746. The molecule has 0 aliphatic carbocycles. The molecule has 1 spiro atoms. The number of piperazine rings is 1. The number of aromatic nitrogens is 1. The van der Waals surface area contributed by atoms with E-state index in [4.69, 9.17) is 4.42 Å². The zero-order valence-corrected chi connectivity index (χ0v) is 16.6. The molecule has 0 radical (unpaired) electrons. The Morgan fingerprint density at radius 1 is 1.30 bits per heavy atom. The number of oxazole rings is 1. The number of carbonyl (C=O) groups is 1. The van der Waals surface area contributed by atoms with Crippen molar-refractivity contribution < 1.29 is 14.3 Å². The van der Waals surface area contributed by atoms with Gasteiger partial charge in [-0.1, -0.05) is 20.8 Å². The van der Waals surface area contributed by atoms with Gasteiger partial charge in [-0.05, 0) is 12.8 Å². The lowest BCUT2D eigenvalue weighted by Gasteiger charge is -2.50. The summed E-state index contributed by atoms with van der Waals surface area (Å²) in [5, 5.41) is 12.9. The molecule has 2 N–H and O–H groups in total. The fraction of sp³-hybridized carbons (Fsp3) is 0.789. The predicted octanol–water partition coefficient (Wildman–Crippen LogP) is 0.966. The molecule has 1 aromatic heterocycles. The van der Waals surface area contributed by atoms with Gasteiger partial charge in [0, 0.05) is 44.7 Å². The van der Waals surface area contributed by atoms with Crippen LogP contribution in [-0.2, 0) is 12.0 Å². The summed E-state index contributed by atoms with van der Waals surface area (Å²) >= 11 is 0. The van der Waals surface area contributed by atoms with Gasteiger partial charge in [-0.15, -0.1) is 0 Å². The highest BCUT2D eigenvalue weighted by Crippen LogP contribution is 2.32. The Hall–Kier alpha value is -1.64. The third-order valence-electron chi connectivity index (χ3n) is 5.95. The summed E-state index contributed by atoms with van der Waals surface area (Å²) in [5.41, 5.74) is 0.918. The largest absolute Gasteiger partial charge is 0.447 e. The van der Waals surface area contributed by atoms with Gasteiger partial charge in [0.1, 0.15) is 12.5 Å². The van der Waals surface area contributed by atoms with Crippen molar-refractivity contribution in [3.05, 3.63) is 17.8 Å². The first-order chi connectivity index (χ1) is 12.7. The highest BCUT2D eigenvalue weighted by Gasteiger charge is 2.50. The van der Waals surface area contributed by atoms with E-state index in [1.807, 2.05) is 9.80 Å². The summed E-state index contributed by atoms with van der Waals surface area (Å²) in [6.07, 6.45) is 3.06. The number of hydrogen-bond donors (Lipinski definition) is 2. The van der Waals surface area contributed by atoms with Gasteiger partial charge in [-0.25, -0.2) is 9.78 Å². The molecular formula is C19H31N5O3. The van der Waals surface area contributed by atoms with E-state index < -0.39 is 6.23 Å². The Morgan fingerprint density at radius 2 is 2.00 bits per heavy atom. The first-order valence-corrected chi connectivity index (χ1v) is 9.91. The number of aliphatic hydroxyl groups is 1. The molecule has 3 aliphatic heterocycles. The summed E-state index contributed by atoms with van der Waals surface area (Å²) in [4.78, 5) is 23.4. The van der Waals surface area contributed by atoms with Crippen molar-refractivity contribution in [2.75, 3.05) is 39.3 Å². The molecule has 3 aliphatic rings. The van der Waals surface area contributed by atoms with Crippen LogP contribution >= 0.6 is 0 Å². The van der Waals surface area contributed by atoms with E-state index in [1.54, 1.807) is 6.26 Å². The number of hydrogen-bond acceptors (Lipinski definition) is 6. The maximum Gasteiger partial charge on any atom is 0.320 e. The van der Waals surface area contributed by atoms with Gasteiger partial charge < -0.3 is 19.3 Å². The van der Waals surface area contributed by atoms with Crippen LogP contribution in [0.5, 0.6) is 0 Å². The molecule has 2 amide bonds. The Balaban J connectivity index is 1.23. The van der Waals surface area contributed by atoms with Gasteiger partial charge in [0.05, 0.1) is 17.8 Å². The van der Waals surface area contributed by atoms with Gasteiger partial charge in [0.25, 0.3) is 0 Å². The molecule has 4 rings (SSSR count). The second-order valence-corrected chi connectivity index (χ2v) is 9.26. The molecule has 27 heavy (non-hydrogen) atoms. The Kier molecular flexibility index (Phi) is 4.68. The number of likely N-dealkylation sites (tertiary alicyclic amines) is 1. The van der Waals surface area contributed by atoms with Crippen molar-refractivity contribution in [2.24, 2.45) is 0 Å². The minimum atomic E-state index is -0.417. The first-order valence-electron chi connectivity index (χ1n) is 9.91. The van der Waals surface area contributed by atoms with Crippen molar-refractivity contribution in [3.63, 3.8) is 0 Å². The Morgan fingerprint density at radius 3 is 2.56 bits per heavy atom. The van der Waals surface area contributed by atoms with Crippen molar-refractivity contribution >= 4 is 6.03 Å². The number of nitrogens with zero attached hydrogens (tertiary/aromatic N) is 4. The number of amides is 2. The highest BCUT2D eigenvalue weighted by atomic mass is 16.3. The van der Waals surface area contributed by atoms with Crippen LogP contribution in [0.2, 0.25) is 0 Å². The number of urea groups is 1. The van der Waals surface area contributed by atoms with Crippen LogP contribution < -0.4 is 5.32 Å². The van der Waals surface area contributed by atoms with Crippen LogP contribution in [-0.4, -0.2) is 81.9 Å². The van der Waals surface area contributed by atoms with Gasteiger partial charge >= 0.3 is 6.03 Å². The van der Waals surface area contributed by atoms with E-state index in [2.05, 4.69) is 36.0 Å². The zero-order valence-electron chi connectivity index (χ0n) is 16.6. The van der Waals surface area contributed by atoms with E-state index in [9.17, 15) is 9.90 Å². The molecule has 0 aromatic carbocycles. The lowest BCUT2D eigenvalue weighted by molar-refractivity contribution is 0.0327. The van der Waals surface area contributed by atoms with Crippen LogP contribution in [0.25, 0.3) is 0 Å². The van der Waals surface area contributed by atoms with E-state index in [-0.39, 0.29) is 17.0 Å². The highest BCUT2D eigenvalue weighted by molar-refractivity contribution is 5.76. The van der Waals surface area contributed by atoms with E-state index in [1.165, 1.54) is 0 Å². The molecule has 150 valence electrons. The smallest absolute Gasteiger partial charge is 0.320 e. The fourth-order valence-corrected chi connectivity index (χ4v) is 4.20. The van der Waals surface area contributed by atoms with Gasteiger partial charge in [0.2, 0.25) is 5.89 Å².